The molecule has 4 heterocycles. The van der Waals surface area contributed by atoms with Crippen molar-refractivity contribution in [1.29, 1.82) is 0 Å². The van der Waals surface area contributed by atoms with Crippen LogP contribution in [0.25, 0.3) is 10.9 Å². The fourth-order valence-corrected chi connectivity index (χ4v) is 3.83. The van der Waals surface area contributed by atoms with Gasteiger partial charge in [0.2, 0.25) is 11.9 Å². The van der Waals surface area contributed by atoms with Crippen LogP contribution in [0.15, 0.2) is 23.3 Å². The quantitative estimate of drug-likeness (QED) is 0.820. The maximum Gasteiger partial charge on any atom is 0.262 e. The maximum atomic E-state index is 12.5. The van der Waals surface area contributed by atoms with Crippen molar-refractivity contribution < 1.29 is 4.79 Å². The molecule has 7 heteroatoms. The molecule has 0 atom stereocenters. The Balaban J connectivity index is 1.57. The van der Waals surface area contributed by atoms with Gasteiger partial charge in [-0.1, -0.05) is 0 Å². The summed E-state index contributed by atoms with van der Waals surface area (Å²) < 4.78 is 1.61. The second-order valence-corrected chi connectivity index (χ2v) is 6.58. The molecule has 2 aromatic rings. The van der Waals surface area contributed by atoms with Gasteiger partial charge in [0.1, 0.15) is 0 Å². The van der Waals surface area contributed by atoms with E-state index in [1.54, 1.807) is 30.1 Å². The van der Waals surface area contributed by atoms with Crippen LogP contribution in [0.2, 0.25) is 0 Å². The Morgan fingerprint density at radius 1 is 1.17 bits per heavy atom. The van der Waals surface area contributed by atoms with Crippen LogP contribution in [0.5, 0.6) is 0 Å². The zero-order valence-corrected chi connectivity index (χ0v) is 13.8. The van der Waals surface area contributed by atoms with E-state index in [9.17, 15) is 9.59 Å². The Hall–Kier alpha value is -2.44. The molecule has 0 spiro atoms. The number of likely N-dealkylation sites (tertiary alicyclic amines) is 1. The van der Waals surface area contributed by atoms with E-state index in [0.29, 0.717) is 29.3 Å². The molecule has 0 saturated carbocycles. The summed E-state index contributed by atoms with van der Waals surface area (Å²) in [5, 5.41) is 0.591. The molecule has 0 aliphatic carbocycles. The molecule has 2 saturated heterocycles. The molecule has 0 radical (unpaired) electrons. The number of hydrogen-bond donors (Lipinski definition) is 0. The smallest absolute Gasteiger partial charge is 0.262 e. The van der Waals surface area contributed by atoms with Gasteiger partial charge in [0, 0.05) is 45.3 Å². The number of fused-ring (bicyclic) bond motifs is 1. The third kappa shape index (κ3) is 2.44. The van der Waals surface area contributed by atoms with Crippen LogP contribution in [0.4, 0.5) is 5.95 Å². The fourth-order valence-electron chi connectivity index (χ4n) is 3.83. The molecule has 2 fully saturated rings. The van der Waals surface area contributed by atoms with E-state index in [-0.39, 0.29) is 11.5 Å². The Morgan fingerprint density at radius 3 is 2.67 bits per heavy atom. The monoisotopic (exact) mass is 327 g/mol. The fraction of sp³-hybridized carbons (Fsp3) is 0.529. The molecule has 126 valence electrons. The molecule has 0 bridgehead atoms. The van der Waals surface area contributed by atoms with Crippen molar-refractivity contribution in [2.45, 2.75) is 31.7 Å². The van der Waals surface area contributed by atoms with Gasteiger partial charge in [-0.25, -0.2) is 4.98 Å². The lowest BCUT2D eigenvalue weighted by molar-refractivity contribution is -0.130. The van der Waals surface area contributed by atoms with Crippen molar-refractivity contribution in [3.05, 3.63) is 28.8 Å². The van der Waals surface area contributed by atoms with E-state index in [0.717, 1.165) is 38.9 Å². The van der Waals surface area contributed by atoms with Crippen LogP contribution in [0.1, 0.15) is 25.7 Å². The van der Waals surface area contributed by atoms with Gasteiger partial charge in [0.25, 0.3) is 5.56 Å². The largest absolute Gasteiger partial charge is 0.342 e. The number of aromatic nitrogens is 3. The number of nitrogens with zero attached hydrogens (tertiary/aromatic N) is 5. The Kier molecular flexibility index (Phi) is 3.70. The molecule has 7 nitrogen and oxygen atoms in total. The molecule has 2 aromatic heterocycles. The highest BCUT2D eigenvalue weighted by Crippen LogP contribution is 2.24. The van der Waals surface area contributed by atoms with E-state index in [2.05, 4.69) is 14.9 Å². The van der Waals surface area contributed by atoms with Crippen molar-refractivity contribution in [2.24, 2.45) is 7.05 Å². The van der Waals surface area contributed by atoms with E-state index < -0.39 is 0 Å². The lowest BCUT2D eigenvalue weighted by Crippen LogP contribution is -2.46. The SMILES string of the molecule is Cn1c(N2CCC(N3CCCC3=O)CC2)nc2cnccc2c1=O. The first-order valence-electron chi connectivity index (χ1n) is 8.50. The van der Waals surface area contributed by atoms with Gasteiger partial charge in [-0.15, -0.1) is 0 Å². The molecular formula is C17H21N5O2. The third-order valence-electron chi connectivity index (χ3n) is 5.15. The molecule has 0 N–H and O–H groups in total. The van der Waals surface area contributed by atoms with Crippen molar-refractivity contribution >= 4 is 22.8 Å². The summed E-state index contributed by atoms with van der Waals surface area (Å²) in [7, 11) is 1.76. The van der Waals surface area contributed by atoms with Gasteiger partial charge in [-0.2, -0.15) is 0 Å². The summed E-state index contributed by atoms with van der Waals surface area (Å²) in [5.41, 5.74) is 0.585. The summed E-state index contributed by atoms with van der Waals surface area (Å²) in [6, 6.07) is 2.04. The molecule has 2 aliphatic rings. The number of anilines is 1. The standard InChI is InChI=1S/C17H21N5O2/c1-20-16(24)13-4-7-18-11-14(13)19-17(20)21-9-5-12(6-10-21)22-8-2-3-15(22)23/h4,7,11-12H,2-3,5-6,8-10H2,1H3. The predicted molar refractivity (Wildman–Crippen MR) is 91.0 cm³/mol. The van der Waals surface area contributed by atoms with Crippen LogP contribution in [-0.4, -0.2) is 51.0 Å². The number of carbonyl (C=O) groups excluding carboxylic acids is 1. The zero-order valence-electron chi connectivity index (χ0n) is 13.8. The first-order chi connectivity index (χ1) is 11.6. The van der Waals surface area contributed by atoms with E-state index in [4.69, 9.17) is 0 Å². The zero-order chi connectivity index (χ0) is 16.7. The van der Waals surface area contributed by atoms with E-state index in [1.165, 1.54) is 0 Å². The second-order valence-electron chi connectivity index (χ2n) is 6.58. The van der Waals surface area contributed by atoms with Gasteiger partial charge in [-0.05, 0) is 25.3 Å². The van der Waals surface area contributed by atoms with Crippen molar-refractivity contribution in [3.8, 4) is 0 Å². The number of carbonyl (C=O) groups is 1. The first kappa shape index (κ1) is 15.1. The van der Waals surface area contributed by atoms with Gasteiger partial charge in [0.15, 0.2) is 0 Å². The van der Waals surface area contributed by atoms with E-state index in [1.807, 2.05) is 4.90 Å². The summed E-state index contributed by atoms with van der Waals surface area (Å²) in [6.07, 6.45) is 6.76. The Morgan fingerprint density at radius 2 is 1.96 bits per heavy atom. The Bertz CT molecular complexity index is 838. The lowest BCUT2D eigenvalue weighted by Gasteiger charge is -2.37. The highest BCUT2D eigenvalue weighted by Gasteiger charge is 2.31. The van der Waals surface area contributed by atoms with Crippen LogP contribution < -0.4 is 10.5 Å². The third-order valence-corrected chi connectivity index (χ3v) is 5.15. The average molecular weight is 327 g/mol. The summed E-state index contributed by atoms with van der Waals surface area (Å²) in [5.74, 6) is 0.974. The van der Waals surface area contributed by atoms with E-state index >= 15 is 0 Å². The highest BCUT2D eigenvalue weighted by molar-refractivity contribution is 5.78. The number of rotatable bonds is 2. The maximum absolute atomic E-state index is 12.5. The summed E-state index contributed by atoms with van der Waals surface area (Å²) in [4.78, 5) is 37.3. The normalized spacial score (nSPS) is 19.5. The minimum atomic E-state index is -0.0470. The minimum Gasteiger partial charge on any atom is -0.342 e. The van der Waals surface area contributed by atoms with Crippen LogP contribution in [0.3, 0.4) is 0 Å². The summed E-state index contributed by atoms with van der Waals surface area (Å²) >= 11 is 0. The molecule has 1 amide bonds. The molecule has 4 rings (SSSR count). The summed E-state index contributed by atoms with van der Waals surface area (Å²) in [6.45, 7) is 2.50. The molecule has 0 aromatic carbocycles. The number of pyridine rings is 1. The number of piperidine rings is 1. The van der Waals surface area contributed by atoms with Gasteiger partial charge >= 0.3 is 0 Å². The molecule has 0 unspecified atom stereocenters. The van der Waals surface area contributed by atoms with Gasteiger partial charge in [-0.3, -0.25) is 19.1 Å². The molecule has 24 heavy (non-hydrogen) atoms. The lowest BCUT2D eigenvalue weighted by atomic mass is 10.0. The first-order valence-corrected chi connectivity index (χ1v) is 8.50. The topological polar surface area (TPSA) is 71.3 Å². The van der Waals surface area contributed by atoms with Crippen LogP contribution in [-0.2, 0) is 11.8 Å². The van der Waals surface area contributed by atoms with Crippen molar-refractivity contribution in [1.82, 2.24) is 19.4 Å². The average Bonchev–Trinajstić information content (AvgIpc) is 3.04. The highest BCUT2D eigenvalue weighted by atomic mass is 16.2. The molecule has 2 aliphatic heterocycles. The van der Waals surface area contributed by atoms with Gasteiger partial charge < -0.3 is 9.80 Å². The second kappa shape index (κ2) is 5.89. The predicted octanol–water partition coefficient (Wildman–Crippen LogP) is 0.920. The number of amides is 1. The molecular weight excluding hydrogens is 306 g/mol. The van der Waals surface area contributed by atoms with Gasteiger partial charge in [0.05, 0.1) is 17.1 Å². The van der Waals surface area contributed by atoms with Crippen molar-refractivity contribution in [3.63, 3.8) is 0 Å². The Labute approximate surface area is 139 Å². The minimum absolute atomic E-state index is 0.0470. The van der Waals surface area contributed by atoms with Crippen LogP contribution in [0, 0.1) is 0 Å². The number of hydrogen-bond acceptors (Lipinski definition) is 5. The van der Waals surface area contributed by atoms with Crippen molar-refractivity contribution in [2.75, 3.05) is 24.5 Å². The van der Waals surface area contributed by atoms with Crippen LogP contribution >= 0.6 is 0 Å².